The minimum absolute atomic E-state index is 0.190. The fraction of sp³-hybridized carbons (Fsp3) is 0.500. The topological polar surface area (TPSA) is 59.0 Å². The number of amidine groups is 1. The lowest BCUT2D eigenvalue weighted by atomic mass is 10.4. The summed E-state index contributed by atoms with van der Waals surface area (Å²) < 4.78 is 4.49. The van der Waals surface area contributed by atoms with Crippen molar-refractivity contribution in [2.45, 2.75) is 13.8 Å². The van der Waals surface area contributed by atoms with Crippen molar-refractivity contribution in [1.29, 1.82) is 0 Å². The van der Waals surface area contributed by atoms with Gasteiger partial charge in [0, 0.05) is 19.2 Å². The van der Waals surface area contributed by atoms with E-state index in [2.05, 4.69) is 9.73 Å². The maximum Gasteiger partial charge on any atom is 0.331 e. The third-order valence-electron chi connectivity index (χ3n) is 1.95. The molecule has 1 amide bonds. The van der Waals surface area contributed by atoms with Crippen LogP contribution in [0, 0.1) is 0 Å². The minimum Gasteiger partial charge on any atom is -0.466 e. The Bertz CT molecular complexity index is 363. The number of carbonyl (C=O) groups is 2. The molecule has 5 nitrogen and oxygen atoms in total. The first-order chi connectivity index (χ1) is 7.63. The highest BCUT2D eigenvalue weighted by atomic mass is 32.2. The van der Waals surface area contributed by atoms with Crippen LogP contribution in [-0.4, -0.2) is 42.1 Å². The molecule has 88 valence electrons. The van der Waals surface area contributed by atoms with Gasteiger partial charge in [-0.1, -0.05) is 0 Å². The second kappa shape index (κ2) is 5.69. The molecule has 1 heterocycles. The maximum atomic E-state index is 11.8. The molecule has 0 aliphatic carbocycles. The predicted octanol–water partition coefficient (Wildman–Crippen LogP) is 1.01. The van der Waals surface area contributed by atoms with Crippen molar-refractivity contribution in [2.24, 2.45) is 4.99 Å². The Balaban J connectivity index is 2.94. The predicted molar refractivity (Wildman–Crippen MR) is 63.1 cm³/mol. The molecule has 0 aromatic rings. The molecule has 1 aliphatic rings. The fourth-order valence-corrected chi connectivity index (χ4v) is 2.27. The molecular weight excluding hydrogens is 228 g/mol. The number of aliphatic imine (C=N–C) groups is 1. The second-order valence-corrected chi connectivity index (χ2v) is 3.95. The summed E-state index contributed by atoms with van der Waals surface area (Å²) >= 11 is 1.21. The zero-order chi connectivity index (χ0) is 12.1. The minimum atomic E-state index is -0.523. The Hall–Kier alpha value is -1.30. The van der Waals surface area contributed by atoms with E-state index in [1.165, 1.54) is 24.9 Å². The maximum absolute atomic E-state index is 11.8. The van der Waals surface area contributed by atoms with Gasteiger partial charge in [-0.15, -0.1) is 0 Å². The molecule has 1 fully saturated rings. The summed E-state index contributed by atoms with van der Waals surface area (Å²) in [6.45, 7) is 4.92. The Morgan fingerprint density at radius 1 is 1.56 bits per heavy atom. The molecular formula is C10H14N2O3S. The number of thioether (sulfide) groups is 1. The van der Waals surface area contributed by atoms with Crippen LogP contribution in [-0.2, 0) is 14.3 Å². The number of esters is 1. The number of carbonyl (C=O) groups excluding carboxylic acids is 2. The average Bonchev–Trinajstić information content (AvgIpc) is 2.56. The van der Waals surface area contributed by atoms with Crippen molar-refractivity contribution >= 4 is 28.8 Å². The quantitative estimate of drug-likeness (QED) is 0.547. The molecule has 0 aromatic carbocycles. The van der Waals surface area contributed by atoms with E-state index >= 15 is 0 Å². The lowest BCUT2D eigenvalue weighted by molar-refractivity contribution is -0.135. The molecule has 0 N–H and O–H groups in total. The van der Waals surface area contributed by atoms with Crippen LogP contribution < -0.4 is 0 Å². The van der Waals surface area contributed by atoms with E-state index in [0.717, 1.165) is 0 Å². The zero-order valence-corrected chi connectivity index (χ0v) is 10.3. The van der Waals surface area contributed by atoms with E-state index in [0.29, 0.717) is 23.2 Å². The van der Waals surface area contributed by atoms with Gasteiger partial charge in [-0.05, 0) is 25.6 Å². The molecule has 1 rings (SSSR count). The van der Waals surface area contributed by atoms with Crippen molar-refractivity contribution in [1.82, 2.24) is 4.90 Å². The first-order valence-electron chi connectivity index (χ1n) is 4.97. The van der Waals surface area contributed by atoms with Crippen molar-refractivity contribution in [2.75, 3.05) is 20.2 Å². The molecule has 0 spiro atoms. The van der Waals surface area contributed by atoms with E-state index in [4.69, 9.17) is 0 Å². The summed E-state index contributed by atoms with van der Waals surface area (Å²) in [5.41, 5.74) is 0. The standard InChI is InChI=1S/C10H14N2O3S/c1-4-11-10-12(5-2)9(14)7(16-10)6-8(13)15-3/h6H,4-5H2,1-3H3/b7-6+,11-10?. The van der Waals surface area contributed by atoms with E-state index in [1.807, 2.05) is 13.8 Å². The SMILES string of the molecule is CCN=C1S/C(=C/C(=O)OC)C(=O)N1CC. The molecule has 1 saturated heterocycles. The Morgan fingerprint density at radius 3 is 2.75 bits per heavy atom. The lowest BCUT2D eigenvalue weighted by Gasteiger charge is -2.11. The molecule has 0 saturated carbocycles. The average molecular weight is 242 g/mol. The number of ether oxygens (including phenoxy) is 1. The second-order valence-electron chi connectivity index (χ2n) is 2.94. The van der Waals surface area contributed by atoms with Gasteiger partial charge < -0.3 is 4.74 Å². The van der Waals surface area contributed by atoms with Gasteiger partial charge in [0.2, 0.25) is 0 Å². The summed E-state index contributed by atoms with van der Waals surface area (Å²) in [5, 5.41) is 0.644. The van der Waals surface area contributed by atoms with Crippen molar-refractivity contribution in [3.05, 3.63) is 11.0 Å². The van der Waals surface area contributed by atoms with Crippen LogP contribution in [0.3, 0.4) is 0 Å². The fourth-order valence-electron chi connectivity index (χ4n) is 1.21. The van der Waals surface area contributed by atoms with Crippen molar-refractivity contribution in [3.63, 3.8) is 0 Å². The highest BCUT2D eigenvalue weighted by molar-refractivity contribution is 8.18. The third-order valence-corrected chi connectivity index (χ3v) is 2.99. The Kier molecular flexibility index (Phi) is 4.54. The molecule has 1 aliphatic heterocycles. The lowest BCUT2D eigenvalue weighted by Crippen LogP contribution is -2.28. The smallest absolute Gasteiger partial charge is 0.331 e. The van der Waals surface area contributed by atoms with Crippen LogP contribution in [0.1, 0.15) is 13.8 Å². The van der Waals surface area contributed by atoms with Gasteiger partial charge in [-0.25, -0.2) is 4.79 Å². The van der Waals surface area contributed by atoms with Gasteiger partial charge in [-0.2, -0.15) is 0 Å². The molecule has 6 heteroatoms. The van der Waals surface area contributed by atoms with E-state index < -0.39 is 5.97 Å². The number of nitrogens with zero attached hydrogens (tertiary/aromatic N) is 2. The number of amides is 1. The summed E-state index contributed by atoms with van der Waals surface area (Å²) in [4.78, 5) is 29.0. The van der Waals surface area contributed by atoms with Gasteiger partial charge in [0.1, 0.15) is 0 Å². The number of hydrogen-bond donors (Lipinski definition) is 0. The van der Waals surface area contributed by atoms with Gasteiger partial charge >= 0.3 is 5.97 Å². The number of rotatable bonds is 3. The van der Waals surface area contributed by atoms with Crippen LogP contribution in [0.15, 0.2) is 16.0 Å². The summed E-state index contributed by atoms with van der Waals surface area (Å²) in [6.07, 6.45) is 1.20. The first-order valence-corrected chi connectivity index (χ1v) is 5.79. The first kappa shape index (κ1) is 12.8. The van der Waals surface area contributed by atoms with Crippen LogP contribution in [0.4, 0.5) is 0 Å². The number of likely N-dealkylation sites (N-methyl/N-ethyl adjacent to an activating group) is 1. The zero-order valence-electron chi connectivity index (χ0n) is 9.52. The molecule has 0 atom stereocenters. The molecule has 0 radical (unpaired) electrons. The molecule has 0 bridgehead atoms. The van der Waals surface area contributed by atoms with Crippen LogP contribution in [0.2, 0.25) is 0 Å². The van der Waals surface area contributed by atoms with Gasteiger partial charge in [0.15, 0.2) is 5.17 Å². The molecule has 16 heavy (non-hydrogen) atoms. The Labute approximate surface area is 98.5 Å². The van der Waals surface area contributed by atoms with Gasteiger partial charge in [-0.3, -0.25) is 14.7 Å². The molecule has 0 aromatic heterocycles. The van der Waals surface area contributed by atoms with Crippen molar-refractivity contribution < 1.29 is 14.3 Å². The number of hydrogen-bond acceptors (Lipinski definition) is 5. The molecule has 0 unspecified atom stereocenters. The van der Waals surface area contributed by atoms with Crippen LogP contribution >= 0.6 is 11.8 Å². The summed E-state index contributed by atoms with van der Waals surface area (Å²) in [6, 6.07) is 0. The number of methoxy groups -OCH3 is 1. The van der Waals surface area contributed by atoms with Gasteiger partial charge in [0.25, 0.3) is 5.91 Å². The van der Waals surface area contributed by atoms with Crippen LogP contribution in [0.25, 0.3) is 0 Å². The van der Waals surface area contributed by atoms with Crippen molar-refractivity contribution in [3.8, 4) is 0 Å². The summed E-state index contributed by atoms with van der Waals surface area (Å²) in [5.74, 6) is -0.713. The van der Waals surface area contributed by atoms with E-state index in [1.54, 1.807) is 4.90 Å². The highest BCUT2D eigenvalue weighted by Gasteiger charge is 2.32. The summed E-state index contributed by atoms with van der Waals surface area (Å²) in [7, 11) is 1.28. The third kappa shape index (κ3) is 2.63. The monoisotopic (exact) mass is 242 g/mol. The Morgan fingerprint density at radius 2 is 2.25 bits per heavy atom. The normalized spacial score (nSPS) is 20.9. The van der Waals surface area contributed by atoms with Crippen LogP contribution in [0.5, 0.6) is 0 Å². The van der Waals surface area contributed by atoms with E-state index in [-0.39, 0.29) is 5.91 Å². The highest BCUT2D eigenvalue weighted by Crippen LogP contribution is 2.30. The largest absolute Gasteiger partial charge is 0.466 e. The van der Waals surface area contributed by atoms with E-state index in [9.17, 15) is 9.59 Å². The van der Waals surface area contributed by atoms with Gasteiger partial charge in [0.05, 0.1) is 12.0 Å².